The van der Waals surface area contributed by atoms with Gasteiger partial charge in [-0.25, -0.2) is 9.78 Å². The highest BCUT2D eigenvalue weighted by Crippen LogP contribution is 2.36. The standard InChI is InChI=1S/C25H25N3O3S/c1-14-21-23(29)26-20(27-24(21)32-22(14)25(30)31-3)13-28(19-10-11-19)15(2)17-9-8-16-6-4-5-7-18(16)12-17/h4-9,12,15,19H,10-11,13H2,1-3H3,(H,26,27,29). The van der Waals surface area contributed by atoms with Gasteiger partial charge in [-0.3, -0.25) is 9.69 Å². The SMILES string of the molecule is COC(=O)c1sc2nc(CN(C3CC3)C(C)c3ccc4ccccc4c3)[nH]c(=O)c2c1C. The average Bonchev–Trinajstić information content (AvgIpc) is 3.59. The summed E-state index contributed by atoms with van der Waals surface area (Å²) in [6, 6.07) is 15.6. The van der Waals surface area contributed by atoms with E-state index in [9.17, 15) is 9.59 Å². The van der Waals surface area contributed by atoms with Gasteiger partial charge in [-0.15, -0.1) is 11.3 Å². The Morgan fingerprint density at radius 3 is 2.72 bits per heavy atom. The van der Waals surface area contributed by atoms with E-state index in [1.165, 1.54) is 34.8 Å². The van der Waals surface area contributed by atoms with Crippen LogP contribution in [-0.4, -0.2) is 34.0 Å². The van der Waals surface area contributed by atoms with E-state index in [0.717, 1.165) is 12.8 Å². The van der Waals surface area contributed by atoms with Crippen molar-refractivity contribution in [2.45, 2.75) is 45.3 Å². The first-order chi connectivity index (χ1) is 15.5. The van der Waals surface area contributed by atoms with Crippen molar-refractivity contribution in [2.24, 2.45) is 0 Å². The topological polar surface area (TPSA) is 75.3 Å². The van der Waals surface area contributed by atoms with Gasteiger partial charge in [0.1, 0.15) is 15.5 Å². The summed E-state index contributed by atoms with van der Waals surface area (Å²) in [6.45, 7) is 4.53. The quantitative estimate of drug-likeness (QED) is 0.423. The number of esters is 1. The lowest BCUT2D eigenvalue weighted by molar-refractivity contribution is 0.0605. The van der Waals surface area contributed by atoms with Gasteiger partial charge in [0.25, 0.3) is 5.56 Å². The van der Waals surface area contributed by atoms with E-state index in [-0.39, 0.29) is 11.6 Å². The van der Waals surface area contributed by atoms with Crippen LogP contribution < -0.4 is 5.56 Å². The van der Waals surface area contributed by atoms with Gasteiger partial charge in [-0.2, -0.15) is 0 Å². The van der Waals surface area contributed by atoms with Gasteiger partial charge in [0.05, 0.1) is 19.0 Å². The number of nitrogens with one attached hydrogen (secondary N) is 1. The summed E-state index contributed by atoms with van der Waals surface area (Å²) in [5, 5.41) is 2.93. The molecule has 7 heteroatoms. The van der Waals surface area contributed by atoms with Crippen molar-refractivity contribution in [2.75, 3.05) is 7.11 Å². The lowest BCUT2D eigenvalue weighted by Gasteiger charge is -2.29. The number of carbonyl (C=O) groups excluding carboxylic acids is 1. The monoisotopic (exact) mass is 447 g/mol. The predicted octanol–water partition coefficient (Wildman–Crippen LogP) is 4.96. The molecule has 164 valence electrons. The fourth-order valence-corrected chi connectivity index (χ4v) is 5.49. The lowest BCUT2D eigenvalue weighted by atomic mass is 10.0. The molecule has 1 atom stereocenters. The van der Waals surface area contributed by atoms with Crippen molar-refractivity contribution in [3.05, 3.63) is 74.6 Å². The number of thiophene rings is 1. The number of carbonyl (C=O) groups is 1. The number of aryl methyl sites for hydroxylation is 1. The molecule has 0 bridgehead atoms. The molecule has 0 aliphatic heterocycles. The van der Waals surface area contributed by atoms with E-state index in [4.69, 9.17) is 9.72 Å². The summed E-state index contributed by atoms with van der Waals surface area (Å²) >= 11 is 1.22. The minimum absolute atomic E-state index is 0.184. The smallest absolute Gasteiger partial charge is 0.348 e. The summed E-state index contributed by atoms with van der Waals surface area (Å²) in [4.78, 5) is 36.0. The van der Waals surface area contributed by atoms with Crippen LogP contribution in [0.2, 0.25) is 0 Å². The number of nitrogens with zero attached hydrogens (tertiary/aromatic N) is 2. The first-order valence-corrected chi connectivity index (χ1v) is 11.6. The van der Waals surface area contributed by atoms with Crippen LogP contribution in [0.25, 0.3) is 21.0 Å². The highest BCUT2D eigenvalue weighted by atomic mass is 32.1. The molecule has 32 heavy (non-hydrogen) atoms. The lowest BCUT2D eigenvalue weighted by Crippen LogP contribution is -2.30. The van der Waals surface area contributed by atoms with Gasteiger partial charge in [0.2, 0.25) is 0 Å². The zero-order valence-electron chi connectivity index (χ0n) is 18.3. The molecule has 6 nitrogen and oxygen atoms in total. The molecular formula is C25H25N3O3S. The van der Waals surface area contributed by atoms with Crippen molar-refractivity contribution < 1.29 is 9.53 Å². The minimum Gasteiger partial charge on any atom is -0.465 e. The van der Waals surface area contributed by atoms with Crippen molar-refractivity contribution in [3.8, 4) is 0 Å². The number of aromatic nitrogens is 2. The second kappa shape index (κ2) is 8.15. The molecular weight excluding hydrogens is 422 g/mol. The summed E-state index contributed by atoms with van der Waals surface area (Å²) in [5.74, 6) is 0.190. The van der Waals surface area contributed by atoms with Crippen LogP contribution >= 0.6 is 11.3 Å². The second-order valence-corrected chi connectivity index (χ2v) is 9.43. The van der Waals surface area contributed by atoms with E-state index >= 15 is 0 Å². The van der Waals surface area contributed by atoms with Crippen LogP contribution in [0.15, 0.2) is 47.3 Å². The molecule has 0 spiro atoms. The van der Waals surface area contributed by atoms with Crippen LogP contribution in [-0.2, 0) is 11.3 Å². The summed E-state index contributed by atoms with van der Waals surface area (Å²) in [6.07, 6.45) is 2.30. The molecule has 1 unspecified atom stereocenters. The normalized spacial score (nSPS) is 14.9. The zero-order chi connectivity index (χ0) is 22.4. The fourth-order valence-electron chi connectivity index (χ4n) is 4.37. The maximum absolute atomic E-state index is 12.8. The van der Waals surface area contributed by atoms with E-state index in [2.05, 4.69) is 59.3 Å². The molecule has 2 heterocycles. The largest absolute Gasteiger partial charge is 0.465 e. The van der Waals surface area contributed by atoms with Crippen molar-refractivity contribution in [3.63, 3.8) is 0 Å². The number of ether oxygens (including phenoxy) is 1. The third-order valence-corrected chi connectivity index (χ3v) is 7.49. The molecule has 1 saturated carbocycles. The Bertz CT molecular complexity index is 1390. The Balaban J connectivity index is 1.48. The van der Waals surface area contributed by atoms with Crippen LogP contribution in [0.3, 0.4) is 0 Å². The van der Waals surface area contributed by atoms with Crippen molar-refractivity contribution in [1.29, 1.82) is 0 Å². The van der Waals surface area contributed by atoms with Crippen molar-refractivity contribution in [1.82, 2.24) is 14.9 Å². The molecule has 4 aromatic rings. The second-order valence-electron chi connectivity index (χ2n) is 8.43. The molecule has 0 radical (unpaired) electrons. The van der Waals surface area contributed by atoms with Gasteiger partial charge in [0.15, 0.2) is 0 Å². The highest BCUT2D eigenvalue weighted by Gasteiger charge is 2.33. The molecule has 5 rings (SSSR count). The van der Waals surface area contributed by atoms with E-state index < -0.39 is 5.97 Å². The number of hydrogen-bond acceptors (Lipinski definition) is 6. The summed E-state index contributed by atoms with van der Waals surface area (Å²) in [7, 11) is 1.34. The third kappa shape index (κ3) is 3.72. The van der Waals surface area contributed by atoms with Crippen LogP contribution in [0.4, 0.5) is 0 Å². The number of H-pyrrole nitrogens is 1. The van der Waals surface area contributed by atoms with Gasteiger partial charge in [0, 0.05) is 12.1 Å². The van der Waals surface area contributed by atoms with E-state index in [1.54, 1.807) is 6.92 Å². The maximum Gasteiger partial charge on any atom is 0.348 e. The predicted molar refractivity (Wildman–Crippen MR) is 127 cm³/mol. The molecule has 1 fully saturated rings. The Labute approximate surface area is 189 Å². The number of aromatic amines is 1. The number of hydrogen-bond donors (Lipinski definition) is 1. The van der Waals surface area contributed by atoms with E-state index in [0.29, 0.717) is 39.1 Å². The Hall–Kier alpha value is -3.03. The molecule has 1 aliphatic carbocycles. The number of benzene rings is 2. The number of fused-ring (bicyclic) bond motifs is 2. The first kappa shape index (κ1) is 20.8. The molecule has 2 aromatic heterocycles. The fraction of sp³-hybridized carbons (Fsp3) is 0.320. The average molecular weight is 448 g/mol. The van der Waals surface area contributed by atoms with Gasteiger partial charge < -0.3 is 9.72 Å². The molecule has 0 amide bonds. The van der Waals surface area contributed by atoms with Gasteiger partial charge in [-0.1, -0.05) is 36.4 Å². The van der Waals surface area contributed by atoms with Crippen molar-refractivity contribution >= 4 is 38.3 Å². The van der Waals surface area contributed by atoms with Gasteiger partial charge >= 0.3 is 5.97 Å². The first-order valence-electron chi connectivity index (χ1n) is 10.8. The maximum atomic E-state index is 12.8. The Morgan fingerprint density at radius 2 is 2.00 bits per heavy atom. The highest BCUT2D eigenvalue weighted by molar-refractivity contribution is 7.20. The van der Waals surface area contributed by atoms with Gasteiger partial charge in [-0.05, 0) is 54.7 Å². The molecule has 0 saturated heterocycles. The third-order valence-electron chi connectivity index (χ3n) is 6.32. The number of methoxy groups -OCH3 is 1. The Morgan fingerprint density at radius 1 is 1.25 bits per heavy atom. The van der Waals surface area contributed by atoms with Crippen LogP contribution in [0.1, 0.15) is 52.4 Å². The molecule has 2 aromatic carbocycles. The zero-order valence-corrected chi connectivity index (χ0v) is 19.2. The minimum atomic E-state index is -0.434. The summed E-state index contributed by atoms with van der Waals surface area (Å²) in [5.41, 5.74) is 1.67. The molecule has 1 N–H and O–H groups in total. The van der Waals surface area contributed by atoms with Crippen LogP contribution in [0, 0.1) is 6.92 Å². The molecule has 1 aliphatic rings. The Kier molecular flexibility index (Phi) is 5.31. The summed E-state index contributed by atoms with van der Waals surface area (Å²) < 4.78 is 4.86. The van der Waals surface area contributed by atoms with Crippen LogP contribution in [0.5, 0.6) is 0 Å². The van der Waals surface area contributed by atoms with E-state index in [1.807, 2.05) is 0 Å². The number of rotatable bonds is 6.